The highest BCUT2D eigenvalue weighted by Gasteiger charge is 2.26. The standard InChI is InChI=1S/C12H16F3N3/c1-3-8-7-18(5-4-17(8)2)12-10(14)6-9(13)11(15)16-12/h6,8H,3-5,7H2,1-2H3. The number of halogens is 3. The molecule has 0 aromatic carbocycles. The van der Waals surface area contributed by atoms with E-state index in [1.54, 1.807) is 4.90 Å². The molecule has 0 amide bonds. The van der Waals surface area contributed by atoms with Crippen LogP contribution >= 0.6 is 0 Å². The van der Waals surface area contributed by atoms with Gasteiger partial charge in [0.25, 0.3) is 5.95 Å². The van der Waals surface area contributed by atoms with Crippen molar-refractivity contribution in [3.05, 3.63) is 23.6 Å². The molecule has 0 aliphatic carbocycles. The maximum atomic E-state index is 13.6. The molecule has 100 valence electrons. The molecule has 0 saturated carbocycles. The van der Waals surface area contributed by atoms with Crippen LogP contribution in [-0.2, 0) is 0 Å². The van der Waals surface area contributed by atoms with Crippen molar-refractivity contribution in [2.75, 3.05) is 31.6 Å². The van der Waals surface area contributed by atoms with Gasteiger partial charge in [-0.25, -0.2) is 8.78 Å². The number of hydrogen-bond acceptors (Lipinski definition) is 3. The van der Waals surface area contributed by atoms with Crippen molar-refractivity contribution in [1.82, 2.24) is 9.88 Å². The monoisotopic (exact) mass is 259 g/mol. The molecule has 2 rings (SSSR count). The highest BCUT2D eigenvalue weighted by Crippen LogP contribution is 2.22. The maximum absolute atomic E-state index is 13.6. The third-order valence-electron chi connectivity index (χ3n) is 3.42. The lowest BCUT2D eigenvalue weighted by Gasteiger charge is -2.39. The highest BCUT2D eigenvalue weighted by atomic mass is 19.2. The van der Waals surface area contributed by atoms with Crippen molar-refractivity contribution in [3.63, 3.8) is 0 Å². The normalized spacial score (nSPS) is 21.4. The third kappa shape index (κ3) is 2.43. The SMILES string of the molecule is CCC1CN(c2nc(F)c(F)cc2F)CCN1C. The Balaban J connectivity index is 2.24. The van der Waals surface area contributed by atoms with Crippen molar-refractivity contribution in [2.45, 2.75) is 19.4 Å². The zero-order valence-electron chi connectivity index (χ0n) is 10.5. The summed E-state index contributed by atoms with van der Waals surface area (Å²) in [6.07, 6.45) is 0.915. The summed E-state index contributed by atoms with van der Waals surface area (Å²) < 4.78 is 39.5. The Bertz CT molecular complexity index is 439. The summed E-state index contributed by atoms with van der Waals surface area (Å²) in [6.45, 7) is 3.92. The minimum Gasteiger partial charge on any atom is -0.351 e. The van der Waals surface area contributed by atoms with Crippen LogP contribution in [0.15, 0.2) is 6.07 Å². The van der Waals surface area contributed by atoms with Gasteiger partial charge in [0.15, 0.2) is 17.5 Å². The van der Waals surface area contributed by atoms with E-state index in [4.69, 9.17) is 0 Å². The van der Waals surface area contributed by atoms with Gasteiger partial charge in [0.2, 0.25) is 0 Å². The van der Waals surface area contributed by atoms with E-state index in [0.717, 1.165) is 13.0 Å². The smallest absolute Gasteiger partial charge is 0.251 e. The molecule has 0 spiro atoms. The van der Waals surface area contributed by atoms with Crippen molar-refractivity contribution in [1.29, 1.82) is 0 Å². The lowest BCUT2D eigenvalue weighted by atomic mass is 10.1. The van der Waals surface area contributed by atoms with E-state index < -0.39 is 17.6 Å². The number of rotatable bonds is 2. The molecule has 1 aromatic heterocycles. The van der Waals surface area contributed by atoms with Gasteiger partial charge in [-0.3, -0.25) is 4.90 Å². The molecule has 1 aromatic rings. The predicted octanol–water partition coefficient (Wildman–Crippen LogP) is 2.03. The van der Waals surface area contributed by atoms with Gasteiger partial charge >= 0.3 is 0 Å². The van der Waals surface area contributed by atoms with Crippen LogP contribution in [0.3, 0.4) is 0 Å². The highest BCUT2D eigenvalue weighted by molar-refractivity contribution is 5.41. The lowest BCUT2D eigenvalue weighted by Crippen LogP contribution is -2.51. The minimum atomic E-state index is -1.25. The van der Waals surface area contributed by atoms with Gasteiger partial charge in [-0.15, -0.1) is 0 Å². The fraction of sp³-hybridized carbons (Fsp3) is 0.583. The van der Waals surface area contributed by atoms with E-state index in [0.29, 0.717) is 19.2 Å². The second-order valence-corrected chi connectivity index (χ2v) is 4.56. The van der Waals surface area contributed by atoms with Crippen LogP contribution in [0.2, 0.25) is 0 Å². The zero-order chi connectivity index (χ0) is 13.3. The summed E-state index contributed by atoms with van der Waals surface area (Å²) in [6, 6.07) is 0.824. The summed E-state index contributed by atoms with van der Waals surface area (Å²) in [5.41, 5.74) is 0. The molecule has 1 fully saturated rings. The topological polar surface area (TPSA) is 19.4 Å². The first-order valence-corrected chi connectivity index (χ1v) is 5.99. The maximum Gasteiger partial charge on any atom is 0.251 e. The van der Waals surface area contributed by atoms with Crippen LogP contribution in [0, 0.1) is 17.6 Å². The van der Waals surface area contributed by atoms with Crippen LogP contribution in [0.25, 0.3) is 0 Å². The van der Waals surface area contributed by atoms with E-state index in [9.17, 15) is 13.2 Å². The summed E-state index contributed by atoms with van der Waals surface area (Å²) in [7, 11) is 2.00. The molecule has 2 heterocycles. The van der Waals surface area contributed by atoms with Gasteiger partial charge in [0, 0.05) is 31.7 Å². The van der Waals surface area contributed by atoms with Crippen LogP contribution in [0.1, 0.15) is 13.3 Å². The van der Waals surface area contributed by atoms with Crippen LogP contribution < -0.4 is 4.90 Å². The molecular formula is C12H16F3N3. The van der Waals surface area contributed by atoms with Crippen LogP contribution in [0.4, 0.5) is 19.0 Å². The van der Waals surface area contributed by atoms with Crippen LogP contribution in [0.5, 0.6) is 0 Å². The van der Waals surface area contributed by atoms with E-state index >= 15 is 0 Å². The zero-order valence-corrected chi connectivity index (χ0v) is 10.5. The predicted molar refractivity (Wildman–Crippen MR) is 63.0 cm³/mol. The van der Waals surface area contributed by atoms with Crippen molar-refractivity contribution in [2.24, 2.45) is 0 Å². The van der Waals surface area contributed by atoms with E-state index in [1.807, 2.05) is 14.0 Å². The number of nitrogens with zero attached hydrogens (tertiary/aromatic N) is 3. The summed E-state index contributed by atoms with van der Waals surface area (Å²) in [4.78, 5) is 7.23. The summed E-state index contributed by atoms with van der Waals surface area (Å²) in [5.74, 6) is -3.41. The minimum absolute atomic E-state index is 0.0968. The molecule has 1 atom stereocenters. The Morgan fingerprint density at radius 2 is 2.00 bits per heavy atom. The number of hydrogen-bond donors (Lipinski definition) is 0. The average molecular weight is 259 g/mol. The fourth-order valence-corrected chi connectivity index (χ4v) is 2.24. The van der Waals surface area contributed by atoms with E-state index in [2.05, 4.69) is 9.88 Å². The van der Waals surface area contributed by atoms with Gasteiger partial charge in [-0.05, 0) is 13.5 Å². The largest absolute Gasteiger partial charge is 0.351 e. The third-order valence-corrected chi connectivity index (χ3v) is 3.42. The van der Waals surface area contributed by atoms with Gasteiger partial charge in [0.05, 0.1) is 0 Å². The molecule has 0 N–H and O–H groups in total. The van der Waals surface area contributed by atoms with E-state index in [-0.39, 0.29) is 11.9 Å². The quantitative estimate of drug-likeness (QED) is 0.758. The Morgan fingerprint density at radius 3 is 2.67 bits per heavy atom. The average Bonchev–Trinajstić information content (AvgIpc) is 2.35. The fourth-order valence-electron chi connectivity index (χ4n) is 2.24. The summed E-state index contributed by atoms with van der Waals surface area (Å²) in [5, 5.41) is 0. The molecule has 0 bridgehead atoms. The van der Waals surface area contributed by atoms with Gasteiger partial charge in [-0.1, -0.05) is 6.92 Å². The van der Waals surface area contributed by atoms with Crippen molar-refractivity contribution < 1.29 is 13.2 Å². The Hall–Kier alpha value is -1.30. The van der Waals surface area contributed by atoms with Gasteiger partial charge < -0.3 is 4.90 Å². The Labute approximate surface area is 104 Å². The second-order valence-electron chi connectivity index (χ2n) is 4.56. The van der Waals surface area contributed by atoms with E-state index in [1.165, 1.54) is 0 Å². The van der Waals surface area contributed by atoms with Crippen molar-refractivity contribution >= 4 is 5.82 Å². The Kier molecular flexibility index (Phi) is 3.75. The number of aromatic nitrogens is 1. The molecular weight excluding hydrogens is 243 g/mol. The second kappa shape index (κ2) is 5.14. The van der Waals surface area contributed by atoms with Crippen LogP contribution in [-0.4, -0.2) is 42.6 Å². The first-order chi connectivity index (χ1) is 8.52. The molecule has 1 unspecified atom stereocenters. The first-order valence-electron chi connectivity index (χ1n) is 5.99. The molecule has 6 heteroatoms. The first kappa shape index (κ1) is 13.1. The molecule has 1 saturated heterocycles. The number of pyridine rings is 1. The molecule has 0 radical (unpaired) electrons. The Morgan fingerprint density at radius 1 is 1.28 bits per heavy atom. The molecule has 1 aliphatic rings. The number of anilines is 1. The molecule has 18 heavy (non-hydrogen) atoms. The van der Waals surface area contributed by atoms with Gasteiger partial charge in [0.1, 0.15) is 0 Å². The lowest BCUT2D eigenvalue weighted by molar-refractivity contribution is 0.212. The molecule has 1 aliphatic heterocycles. The summed E-state index contributed by atoms with van der Waals surface area (Å²) >= 11 is 0. The van der Waals surface area contributed by atoms with Gasteiger partial charge in [-0.2, -0.15) is 9.37 Å². The molecule has 3 nitrogen and oxygen atoms in total. The number of piperazine rings is 1. The number of likely N-dealkylation sites (N-methyl/N-ethyl adjacent to an activating group) is 1. The van der Waals surface area contributed by atoms with Crippen molar-refractivity contribution in [3.8, 4) is 0 Å².